The van der Waals surface area contributed by atoms with Crippen LogP contribution in [0, 0.1) is 0 Å². The van der Waals surface area contributed by atoms with Crippen molar-refractivity contribution < 1.29 is 18.0 Å². The molecule has 29 heavy (non-hydrogen) atoms. The Morgan fingerprint density at radius 3 is 1.45 bits per heavy atom. The Hall–Kier alpha value is -3.85. The monoisotopic (exact) mass is 410 g/mol. The van der Waals surface area contributed by atoms with Gasteiger partial charge in [-0.2, -0.15) is 0 Å². The fraction of sp³-hybridized carbons (Fsp3) is 0. The summed E-state index contributed by atoms with van der Waals surface area (Å²) in [5.41, 5.74) is 1.48. The van der Waals surface area contributed by atoms with Crippen LogP contribution in [0.25, 0.3) is 0 Å². The van der Waals surface area contributed by atoms with Crippen molar-refractivity contribution in [3.63, 3.8) is 0 Å². The van der Waals surface area contributed by atoms with E-state index in [0.717, 1.165) is 0 Å². The molecule has 0 saturated carbocycles. The normalized spacial score (nSPS) is 10.6. The summed E-state index contributed by atoms with van der Waals surface area (Å²) >= 11 is 0. The molecule has 0 atom stereocenters. The third-order valence-corrected chi connectivity index (χ3v) is 5.06. The van der Waals surface area contributed by atoms with Gasteiger partial charge in [0.15, 0.2) is 0 Å². The number of para-hydroxylation sites is 2. The van der Waals surface area contributed by atoms with Crippen molar-refractivity contribution in [2.75, 3.05) is 16.0 Å². The molecule has 9 heteroatoms. The fourth-order valence-electron chi connectivity index (χ4n) is 2.39. The van der Waals surface area contributed by atoms with Crippen molar-refractivity contribution in [1.82, 2.24) is 4.72 Å². The molecule has 8 nitrogen and oxygen atoms in total. The lowest BCUT2D eigenvalue weighted by atomic mass is 10.3. The number of hydrogen-bond donors (Lipinski definition) is 4. The third kappa shape index (κ3) is 5.81. The maximum Gasteiger partial charge on any atom is 0.333 e. The number of carbonyl (C=O) groups is 2. The summed E-state index contributed by atoms with van der Waals surface area (Å²) in [7, 11) is -4.06. The molecule has 0 aliphatic heterocycles. The second-order valence-electron chi connectivity index (χ2n) is 5.90. The summed E-state index contributed by atoms with van der Waals surface area (Å²) in [6.45, 7) is 0. The first-order valence-corrected chi connectivity index (χ1v) is 10.0. The van der Waals surface area contributed by atoms with Crippen LogP contribution < -0.4 is 20.7 Å². The van der Waals surface area contributed by atoms with E-state index in [-0.39, 0.29) is 4.90 Å². The number of sulfonamides is 1. The van der Waals surface area contributed by atoms with Gasteiger partial charge >= 0.3 is 12.1 Å². The topological polar surface area (TPSA) is 116 Å². The Balaban J connectivity index is 1.59. The van der Waals surface area contributed by atoms with E-state index >= 15 is 0 Å². The molecule has 0 aromatic heterocycles. The number of benzene rings is 3. The molecule has 3 aromatic rings. The zero-order valence-electron chi connectivity index (χ0n) is 15.1. The summed E-state index contributed by atoms with van der Waals surface area (Å²) < 4.78 is 26.6. The fourth-order valence-corrected chi connectivity index (χ4v) is 3.30. The van der Waals surface area contributed by atoms with Gasteiger partial charge in [-0.15, -0.1) is 0 Å². The Morgan fingerprint density at radius 2 is 0.966 bits per heavy atom. The standard InChI is InChI=1S/C20H18N4O4S/c25-19(21-15-7-3-1-4-8-15)22-17-11-13-18(14-12-17)29(27,28)24-20(26)23-16-9-5-2-6-10-16/h1-14H,(H2,21,22,25)(H2,23,24,26). The van der Waals surface area contributed by atoms with Crippen LogP contribution in [0.2, 0.25) is 0 Å². The quantitative estimate of drug-likeness (QED) is 0.511. The summed E-state index contributed by atoms with van der Waals surface area (Å²) in [5.74, 6) is 0. The molecule has 3 rings (SSSR count). The van der Waals surface area contributed by atoms with Crippen LogP contribution >= 0.6 is 0 Å². The van der Waals surface area contributed by atoms with Crippen LogP contribution in [0.15, 0.2) is 89.8 Å². The zero-order valence-corrected chi connectivity index (χ0v) is 15.9. The Labute approximate surface area is 168 Å². The molecular weight excluding hydrogens is 392 g/mol. The van der Waals surface area contributed by atoms with Crippen LogP contribution in [0.3, 0.4) is 0 Å². The van der Waals surface area contributed by atoms with Crippen LogP contribution in [-0.4, -0.2) is 20.5 Å². The van der Waals surface area contributed by atoms with Crippen LogP contribution in [0.5, 0.6) is 0 Å². The molecule has 0 bridgehead atoms. The molecule has 0 radical (unpaired) electrons. The van der Waals surface area contributed by atoms with Crippen molar-refractivity contribution in [2.45, 2.75) is 4.90 Å². The predicted molar refractivity (Wildman–Crippen MR) is 111 cm³/mol. The summed E-state index contributed by atoms with van der Waals surface area (Å²) in [5, 5.41) is 7.68. The van der Waals surface area contributed by atoms with E-state index in [0.29, 0.717) is 17.1 Å². The van der Waals surface area contributed by atoms with Gasteiger partial charge in [0.05, 0.1) is 4.90 Å². The SMILES string of the molecule is O=C(Nc1ccccc1)Nc1ccc(S(=O)(=O)NC(=O)Nc2ccccc2)cc1. The smallest absolute Gasteiger partial charge is 0.308 e. The number of anilines is 3. The van der Waals surface area contributed by atoms with Crippen molar-refractivity contribution >= 4 is 39.1 Å². The van der Waals surface area contributed by atoms with Crippen molar-refractivity contribution in [3.05, 3.63) is 84.9 Å². The first-order chi connectivity index (χ1) is 13.9. The first-order valence-electron chi connectivity index (χ1n) is 8.54. The number of amides is 4. The zero-order chi connectivity index (χ0) is 20.7. The molecule has 4 amide bonds. The number of hydrogen-bond acceptors (Lipinski definition) is 4. The van der Waals surface area contributed by atoms with E-state index in [1.165, 1.54) is 24.3 Å². The Bertz CT molecular complexity index is 1090. The minimum Gasteiger partial charge on any atom is -0.308 e. The van der Waals surface area contributed by atoms with Gasteiger partial charge in [-0.25, -0.2) is 22.7 Å². The highest BCUT2D eigenvalue weighted by Gasteiger charge is 2.17. The lowest BCUT2D eigenvalue weighted by molar-refractivity contribution is 0.256. The highest BCUT2D eigenvalue weighted by molar-refractivity contribution is 7.90. The Kier molecular flexibility index (Phi) is 6.10. The average Bonchev–Trinajstić information content (AvgIpc) is 2.69. The highest BCUT2D eigenvalue weighted by atomic mass is 32.2. The van der Waals surface area contributed by atoms with Crippen molar-refractivity contribution in [3.8, 4) is 0 Å². The number of nitrogens with one attached hydrogen (secondary N) is 4. The van der Waals surface area contributed by atoms with E-state index in [2.05, 4.69) is 16.0 Å². The third-order valence-electron chi connectivity index (χ3n) is 3.71. The molecule has 3 aromatic carbocycles. The van der Waals surface area contributed by atoms with E-state index in [1.807, 2.05) is 10.8 Å². The molecule has 0 spiro atoms. The van der Waals surface area contributed by atoms with Crippen molar-refractivity contribution in [2.24, 2.45) is 0 Å². The predicted octanol–water partition coefficient (Wildman–Crippen LogP) is 3.84. The molecule has 0 aliphatic carbocycles. The second kappa shape index (κ2) is 8.89. The molecule has 0 fully saturated rings. The lowest BCUT2D eigenvalue weighted by Gasteiger charge is -2.10. The van der Waals surface area contributed by atoms with Gasteiger partial charge < -0.3 is 16.0 Å². The van der Waals surface area contributed by atoms with E-state index in [4.69, 9.17) is 0 Å². The van der Waals surface area contributed by atoms with Gasteiger partial charge in [0, 0.05) is 17.1 Å². The summed E-state index contributed by atoms with van der Waals surface area (Å²) in [6, 6.07) is 21.4. The van der Waals surface area contributed by atoms with Crippen LogP contribution in [0.4, 0.5) is 26.7 Å². The van der Waals surface area contributed by atoms with E-state index in [1.54, 1.807) is 54.6 Å². The maximum atomic E-state index is 12.3. The maximum absolute atomic E-state index is 12.3. The largest absolute Gasteiger partial charge is 0.333 e. The Morgan fingerprint density at radius 1 is 0.552 bits per heavy atom. The van der Waals surface area contributed by atoms with E-state index < -0.39 is 22.1 Å². The van der Waals surface area contributed by atoms with Gasteiger partial charge in [-0.1, -0.05) is 36.4 Å². The molecular formula is C20H18N4O4S. The minimum absolute atomic E-state index is 0.116. The second-order valence-corrected chi connectivity index (χ2v) is 7.58. The molecule has 0 unspecified atom stereocenters. The van der Waals surface area contributed by atoms with E-state index in [9.17, 15) is 18.0 Å². The van der Waals surface area contributed by atoms with Gasteiger partial charge in [0.1, 0.15) is 0 Å². The molecule has 4 N–H and O–H groups in total. The highest BCUT2D eigenvalue weighted by Crippen LogP contribution is 2.15. The van der Waals surface area contributed by atoms with Crippen LogP contribution in [0.1, 0.15) is 0 Å². The lowest BCUT2D eigenvalue weighted by Crippen LogP contribution is -2.34. The van der Waals surface area contributed by atoms with Crippen LogP contribution in [-0.2, 0) is 10.0 Å². The van der Waals surface area contributed by atoms with Gasteiger partial charge in [-0.05, 0) is 48.5 Å². The number of urea groups is 2. The molecule has 0 saturated heterocycles. The first kappa shape index (κ1) is 19.9. The van der Waals surface area contributed by atoms with Gasteiger partial charge in [0.25, 0.3) is 10.0 Å². The van der Waals surface area contributed by atoms with Crippen molar-refractivity contribution in [1.29, 1.82) is 0 Å². The number of rotatable bonds is 5. The van der Waals surface area contributed by atoms with Gasteiger partial charge in [-0.3, -0.25) is 0 Å². The summed E-state index contributed by atoms with van der Waals surface area (Å²) in [6.07, 6.45) is 0. The van der Waals surface area contributed by atoms with Gasteiger partial charge in [0.2, 0.25) is 0 Å². The average molecular weight is 410 g/mol. The minimum atomic E-state index is -4.06. The number of carbonyl (C=O) groups excluding carboxylic acids is 2. The molecule has 0 aliphatic rings. The molecule has 0 heterocycles. The molecule has 148 valence electrons. The summed E-state index contributed by atoms with van der Waals surface area (Å²) in [4.78, 5) is 23.8.